The lowest BCUT2D eigenvalue weighted by molar-refractivity contribution is 0.241. The van der Waals surface area contributed by atoms with Gasteiger partial charge in [-0.3, -0.25) is 0 Å². The highest BCUT2D eigenvalue weighted by Gasteiger charge is 2.36. The Kier molecular flexibility index (Phi) is 4.71. The van der Waals surface area contributed by atoms with Crippen LogP contribution >= 0.6 is 0 Å². The topological polar surface area (TPSA) is 36.9 Å². The molecule has 0 bridgehead atoms. The summed E-state index contributed by atoms with van der Waals surface area (Å²) in [6, 6.07) is 0. The lowest BCUT2D eigenvalue weighted by atomic mass is 11.7. The average molecular weight is 269 g/mol. The Hall–Kier alpha value is 0.708. The highest BCUT2D eigenvalue weighted by Crippen LogP contribution is 2.16. The molecule has 1 fully saturated rings. The van der Waals surface area contributed by atoms with E-state index < -0.39 is 27.1 Å². The van der Waals surface area contributed by atoms with Crippen LogP contribution < -0.4 is 0 Å². The van der Waals surface area contributed by atoms with E-state index in [0.717, 1.165) is 12.5 Å². The molecule has 0 amide bonds. The fraction of sp³-hybridized carbons (Fsp3) is 1.00. The Morgan fingerprint density at radius 2 is 1.71 bits per heavy atom. The Morgan fingerprint density at radius 1 is 1.00 bits per heavy atom. The molecular formula is C6H20O4Si4. The van der Waals surface area contributed by atoms with Gasteiger partial charge in [-0.05, 0) is 26.2 Å². The van der Waals surface area contributed by atoms with Crippen LogP contribution in [0.25, 0.3) is 0 Å². The molecule has 0 N–H and O–H groups in total. The Bertz CT molecular complexity index is 169. The van der Waals surface area contributed by atoms with Crippen molar-refractivity contribution in [1.82, 2.24) is 0 Å². The molecule has 1 heterocycles. The van der Waals surface area contributed by atoms with Gasteiger partial charge < -0.3 is 17.1 Å². The summed E-state index contributed by atoms with van der Waals surface area (Å²) in [5.41, 5.74) is 0. The SMILES string of the molecule is C[Si]1(C)OC[SiH2]CO[SiH2]O[Si](C)(C)O1. The summed E-state index contributed by atoms with van der Waals surface area (Å²) < 4.78 is 23.1. The largest absolute Gasteiger partial charge is 0.420 e. The zero-order valence-corrected chi connectivity index (χ0v) is 14.3. The van der Waals surface area contributed by atoms with Gasteiger partial charge in [0, 0.05) is 12.5 Å². The zero-order chi connectivity index (χ0) is 10.7. The van der Waals surface area contributed by atoms with E-state index in [4.69, 9.17) is 17.1 Å². The fourth-order valence-electron chi connectivity index (χ4n) is 1.37. The molecule has 0 unspecified atom stereocenters. The Balaban J connectivity index is 2.55. The van der Waals surface area contributed by atoms with E-state index >= 15 is 0 Å². The first-order valence-electron chi connectivity index (χ1n) is 4.97. The predicted octanol–water partition coefficient (Wildman–Crippen LogP) is -0.447. The summed E-state index contributed by atoms with van der Waals surface area (Å²) in [4.78, 5) is 0. The molecule has 1 aliphatic heterocycles. The second kappa shape index (κ2) is 5.16. The third kappa shape index (κ3) is 4.98. The molecule has 84 valence electrons. The number of rotatable bonds is 0. The number of hydrogen-bond acceptors (Lipinski definition) is 4. The summed E-state index contributed by atoms with van der Waals surface area (Å²) in [5, 5.41) is 0. The van der Waals surface area contributed by atoms with Gasteiger partial charge >= 0.3 is 17.1 Å². The molecule has 1 saturated heterocycles. The molecular weight excluding hydrogens is 248 g/mol. The minimum Gasteiger partial charge on any atom is -0.420 e. The first kappa shape index (κ1) is 12.8. The second-order valence-electron chi connectivity index (χ2n) is 4.27. The summed E-state index contributed by atoms with van der Waals surface area (Å²) in [5.74, 6) is 0. The minimum absolute atomic E-state index is 0.211. The molecule has 14 heavy (non-hydrogen) atoms. The van der Waals surface area contributed by atoms with Crippen molar-refractivity contribution < 1.29 is 17.1 Å². The van der Waals surface area contributed by atoms with Crippen LogP contribution in [-0.4, -0.2) is 49.1 Å². The molecule has 4 nitrogen and oxygen atoms in total. The van der Waals surface area contributed by atoms with Gasteiger partial charge in [0.15, 0.2) is 0 Å². The maximum atomic E-state index is 6.01. The molecule has 1 rings (SSSR count). The highest BCUT2D eigenvalue weighted by atomic mass is 28.5. The first-order valence-corrected chi connectivity index (χ1v) is 13.8. The molecule has 0 aromatic heterocycles. The van der Waals surface area contributed by atoms with Crippen LogP contribution in [0.5, 0.6) is 0 Å². The average Bonchev–Trinajstić information content (AvgIpc) is 1.99. The summed E-state index contributed by atoms with van der Waals surface area (Å²) in [6.07, 6.45) is 1.79. The maximum absolute atomic E-state index is 6.01. The van der Waals surface area contributed by atoms with Crippen LogP contribution in [0.3, 0.4) is 0 Å². The van der Waals surface area contributed by atoms with Gasteiger partial charge in [0.05, 0.1) is 9.52 Å². The summed E-state index contributed by atoms with van der Waals surface area (Å²) in [6.45, 7) is 8.34. The predicted molar refractivity (Wildman–Crippen MR) is 66.1 cm³/mol. The van der Waals surface area contributed by atoms with E-state index in [2.05, 4.69) is 26.2 Å². The van der Waals surface area contributed by atoms with Gasteiger partial charge in [-0.25, -0.2) is 0 Å². The smallest absolute Gasteiger partial charge is 0.322 e. The van der Waals surface area contributed by atoms with Gasteiger partial charge in [0.25, 0.3) is 10.0 Å². The lowest BCUT2D eigenvalue weighted by Gasteiger charge is -2.33. The monoisotopic (exact) mass is 268 g/mol. The molecule has 0 radical (unpaired) electrons. The van der Waals surface area contributed by atoms with E-state index in [1.807, 2.05) is 0 Å². The van der Waals surface area contributed by atoms with Gasteiger partial charge in [-0.2, -0.15) is 0 Å². The standard InChI is InChI=1S/C6H20O4Si4/c1-13(2)8-6-11-5-7-12-9-14(3,4)10-13/h5-6,11-12H2,1-4H3. The molecule has 0 aromatic carbocycles. The molecule has 0 saturated carbocycles. The minimum atomic E-state index is -1.97. The van der Waals surface area contributed by atoms with Crippen LogP contribution in [0.1, 0.15) is 0 Å². The maximum Gasteiger partial charge on any atom is 0.322 e. The second-order valence-corrected chi connectivity index (χ2v) is 14.3. The molecule has 0 spiro atoms. The summed E-state index contributed by atoms with van der Waals surface area (Å²) in [7, 11) is -4.91. The van der Waals surface area contributed by atoms with Gasteiger partial charge in [-0.1, -0.05) is 0 Å². The van der Waals surface area contributed by atoms with Crippen molar-refractivity contribution in [3.05, 3.63) is 0 Å². The van der Waals surface area contributed by atoms with Gasteiger partial charge in [-0.15, -0.1) is 0 Å². The van der Waals surface area contributed by atoms with E-state index in [-0.39, 0.29) is 9.52 Å². The third-order valence-corrected chi connectivity index (χ3v) is 12.5. The molecule has 8 heteroatoms. The fourth-order valence-corrected chi connectivity index (χ4v) is 12.5. The Labute approximate surface area is 92.7 Å². The van der Waals surface area contributed by atoms with Crippen LogP contribution in [0.2, 0.25) is 26.2 Å². The molecule has 1 aliphatic rings. The van der Waals surface area contributed by atoms with Crippen LogP contribution in [0.4, 0.5) is 0 Å². The van der Waals surface area contributed by atoms with Crippen molar-refractivity contribution in [3.63, 3.8) is 0 Å². The highest BCUT2D eigenvalue weighted by molar-refractivity contribution is 6.80. The van der Waals surface area contributed by atoms with Crippen molar-refractivity contribution >= 4 is 36.6 Å². The molecule has 0 atom stereocenters. The lowest BCUT2D eigenvalue weighted by Crippen LogP contribution is -2.50. The summed E-state index contributed by atoms with van der Waals surface area (Å²) >= 11 is 0. The molecule has 0 aliphatic carbocycles. The van der Waals surface area contributed by atoms with Gasteiger partial charge in [0.2, 0.25) is 0 Å². The van der Waals surface area contributed by atoms with E-state index in [1.54, 1.807) is 0 Å². The van der Waals surface area contributed by atoms with Crippen LogP contribution in [0, 0.1) is 0 Å². The zero-order valence-electron chi connectivity index (χ0n) is 9.46. The quantitative estimate of drug-likeness (QED) is 0.558. The Morgan fingerprint density at radius 3 is 2.43 bits per heavy atom. The van der Waals surface area contributed by atoms with E-state index in [0.29, 0.717) is 0 Å². The van der Waals surface area contributed by atoms with Crippen molar-refractivity contribution in [2.45, 2.75) is 26.2 Å². The number of hydrogen-bond donors (Lipinski definition) is 0. The van der Waals surface area contributed by atoms with E-state index in [1.165, 1.54) is 0 Å². The van der Waals surface area contributed by atoms with Crippen molar-refractivity contribution in [1.29, 1.82) is 0 Å². The van der Waals surface area contributed by atoms with Crippen LogP contribution in [0.15, 0.2) is 0 Å². The van der Waals surface area contributed by atoms with Crippen molar-refractivity contribution in [2.75, 3.05) is 12.5 Å². The van der Waals surface area contributed by atoms with Crippen LogP contribution in [-0.2, 0) is 17.1 Å². The van der Waals surface area contributed by atoms with E-state index in [9.17, 15) is 0 Å². The molecule has 0 aromatic rings. The normalized spacial score (nSPS) is 31.7. The van der Waals surface area contributed by atoms with Crippen molar-refractivity contribution in [3.8, 4) is 0 Å². The van der Waals surface area contributed by atoms with Gasteiger partial charge in [0.1, 0.15) is 0 Å². The third-order valence-electron chi connectivity index (χ3n) is 1.86. The van der Waals surface area contributed by atoms with Crippen molar-refractivity contribution in [2.24, 2.45) is 0 Å². The first-order chi connectivity index (χ1) is 6.41.